The van der Waals surface area contributed by atoms with Gasteiger partial charge in [-0.2, -0.15) is 0 Å². The summed E-state index contributed by atoms with van der Waals surface area (Å²) in [7, 11) is 0. The van der Waals surface area contributed by atoms with E-state index >= 15 is 0 Å². The molecule has 2 rings (SSSR count). The van der Waals surface area contributed by atoms with Crippen LogP contribution in [0.15, 0.2) is 39.7 Å². The monoisotopic (exact) mass is 210 g/mol. The Morgan fingerprint density at radius 3 is 2.64 bits per heavy atom. The van der Waals surface area contributed by atoms with Gasteiger partial charge in [-0.15, -0.1) is 0 Å². The fraction of sp³-hybridized carbons (Fsp3) is 0.182. The highest BCUT2D eigenvalue weighted by atomic mass is 35.5. The summed E-state index contributed by atoms with van der Waals surface area (Å²) in [5.41, 5.74) is 0.491. The van der Waals surface area contributed by atoms with E-state index in [1.54, 1.807) is 18.2 Å². The van der Waals surface area contributed by atoms with Gasteiger partial charge in [-0.05, 0) is 18.2 Å². The molecule has 0 atom stereocenters. The van der Waals surface area contributed by atoms with Gasteiger partial charge in [-0.3, -0.25) is 4.79 Å². The van der Waals surface area contributed by atoms with Crippen molar-refractivity contribution in [3.63, 3.8) is 0 Å². The van der Waals surface area contributed by atoms with Gasteiger partial charge in [0.05, 0.1) is 11.6 Å². The summed E-state index contributed by atoms with van der Waals surface area (Å²) in [6.45, 7) is 4.00. The Morgan fingerprint density at radius 1 is 1.21 bits per heavy atom. The molecule has 0 aliphatic carbocycles. The van der Waals surface area contributed by atoms with E-state index in [4.69, 9.17) is 16.0 Å². The molecule has 2 nitrogen and oxygen atoms in total. The van der Waals surface area contributed by atoms with Gasteiger partial charge in [0.15, 0.2) is 5.43 Å². The molecule has 1 heterocycles. The second-order valence-corrected chi connectivity index (χ2v) is 2.86. The van der Waals surface area contributed by atoms with Crippen LogP contribution in [0.1, 0.15) is 13.8 Å². The second-order valence-electron chi connectivity index (χ2n) is 2.43. The van der Waals surface area contributed by atoms with E-state index in [0.717, 1.165) is 0 Å². The third-order valence-electron chi connectivity index (χ3n) is 1.62. The molecule has 3 heteroatoms. The van der Waals surface area contributed by atoms with E-state index in [2.05, 4.69) is 0 Å². The first-order valence-electron chi connectivity index (χ1n) is 4.44. The summed E-state index contributed by atoms with van der Waals surface area (Å²) in [6, 6.07) is 6.34. The van der Waals surface area contributed by atoms with Gasteiger partial charge in [0, 0.05) is 11.1 Å². The summed E-state index contributed by atoms with van der Waals surface area (Å²) in [5, 5.41) is 1.06. The van der Waals surface area contributed by atoms with Crippen LogP contribution in [0.5, 0.6) is 0 Å². The van der Waals surface area contributed by atoms with Gasteiger partial charge in [0.2, 0.25) is 0 Å². The first kappa shape index (κ1) is 10.8. The van der Waals surface area contributed by atoms with Gasteiger partial charge >= 0.3 is 0 Å². The molecule has 0 unspecified atom stereocenters. The third kappa shape index (κ3) is 2.15. The maximum absolute atomic E-state index is 11.2. The van der Waals surface area contributed by atoms with Crippen molar-refractivity contribution in [3.05, 3.63) is 45.8 Å². The predicted octanol–water partition coefficient (Wildman–Crippen LogP) is 3.47. The third-order valence-corrected chi connectivity index (χ3v) is 1.86. The molecule has 1 aromatic heterocycles. The SMILES string of the molecule is CC.O=c1ccoc2ccc(Cl)cc12. The van der Waals surface area contributed by atoms with E-state index in [1.165, 1.54) is 12.3 Å². The highest BCUT2D eigenvalue weighted by Gasteiger charge is 1.98. The molecule has 0 N–H and O–H groups in total. The highest BCUT2D eigenvalue weighted by Crippen LogP contribution is 2.15. The van der Waals surface area contributed by atoms with Gasteiger partial charge in [-0.25, -0.2) is 0 Å². The lowest BCUT2D eigenvalue weighted by molar-refractivity contribution is 0.602. The van der Waals surface area contributed by atoms with Crippen LogP contribution in [0.4, 0.5) is 0 Å². The van der Waals surface area contributed by atoms with E-state index in [1.807, 2.05) is 13.8 Å². The van der Waals surface area contributed by atoms with E-state index in [9.17, 15) is 4.79 Å². The van der Waals surface area contributed by atoms with Crippen LogP contribution in [0.3, 0.4) is 0 Å². The smallest absolute Gasteiger partial charge is 0.192 e. The van der Waals surface area contributed by atoms with Crippen LogP contribution < -0.4 is 5.43 Å². The molecule has 0 saturated heterocycles. The normalized spacial score (nSPS) is 9.36. The Kier molecular flexibility index (Phi) is 3.72. The van der Waals surface area contributed by atoms with Crippen molar-refractivity contribution in [3.8, 4) is 0 Å². The summed E-state index contributed by atoms with van der Waals surface area (Å²) >= 11 is 5.71. The van der Waals surface area contributed by atoms with E-state index < -0.39 is 0 Å². The maximum Gasteiger partial charge on any atom is 0.192 e. The Balaban J connectivity index is 0.000000461. The zero-order chi connectivity index (χ0) is 10.6. The Morgan fingerprint density at radius 2 is 1.93 bits per heavy atom. The van der Waals surface area contributed by atoms with Gasteiger partial charge < -0.3 is 4.42 Å². The highest BCUT2D eigenvalue weighted by molar-refractivity contribution is 6.31. The molecular weight excluding hydrogens is 200 g/mol. The van der Waals surface area contributed by atoms with Crippen LogP contribution in [0.25, 0.3) is 11.0 Å². The molecule has 0 aliphatic heterocycles. The molecule has 74 valence electrons. The molecule has 1 aromatic carbocycles. The number of hydrogen-bond acceptors (Lipinski definition) is 2. The summed E-state index contributed by atoms with van der Waals surface area (Å²) in [4.78, 5) is 11.2. The molecule has 0 aliphatic rings. The predicted molar refractivity (Wildman–Crippen MR) is 58.8 cm³/mol. The largest absolute Gasteiger partial charge is 0.464 e. The molecule has 0 fully saturated rings. The first-order chi connectivity index (χ1) is 6.77. The van der Waals surface area contributed by atoms with Crippen molar-refractivity contribution in [2.75, 3.05) is 0 Å². The summed E-state index contributed by atoms with van der Waals surface area (Å²) in [5.74, 6) is 0. The van der Waals surface area contributed by atoms with E-state index in [0.29, 0.717) is 16.0 Å². The second kappa shape index (κ2) is 4.82. The molecule has 14 heavy (non-hydrogen) atoms. The van der Waals surface area contributed by atoms with Crippen LogP contribution in [0.2, 0.25) is 5.02 Å². The number of halogens is 1. The number of rotatable bonds is 0. The first-order valence-corrected chi connectivity index (χ1v) is 4.82. The fourth-order valence-electron chi connectivity index (χ4n) is 1.06. The quantitative estimate of drug-likeness (QED) is 0.667. The summed E-state index contributed by atoms with van der Waals surface area (Å²) < 4.78 is 5.09. The van der Waals surface area contributed by atoms with Crippen molar-refractivity contribution in [2.24, 2.45) is 0 Å². The number of fused-ring (bicyclic) bond motifs is 1. The minimum Gasteiger partial charge on any atom is -0.464 e. The average Bonchev–Trinajstić information content (AvgIpc) is 2.22. The van der Waals surface area contributed by atoms with Crippen molar-refractivity contribution in [1.82, 2.24) is 0 Å². The lowest BCUT2D eigenvalue weighted by Crippen LogP contribution is -1.96. The number of hydrogen-bond donors (Lipinski definition) is 0. The van der Waals surface area contributed by atoms with Gasteiger partial charge in [0.1, 0.15) is 5.58 Å². The maximum atomic E-state index is 11.2. The van der Waals surface area contributed by atoms with Crippen molar-refractivity contribution >= 4 is 22.6 Å². The lowest BCUT2D eigenvalue weighted by atomic mass is 10.2. The Labute approximate surface area is 87.1 Å². The van der Waals surface area contributed by atoms with Crippen molar-refractivity contribution in [1.29, 1.82) is 0 Å². The minimum atomic E-state index is -0.0706. The van der Waals surface area contributed by atoms with Crippen LogP contribution >= 0.6 is 11.6 Å². The zero-order valence-electron chi connectivity index (χ0n) is 8.08. The fourth-order valence-corrected chi connectivity index (χ4v) is 1.23. The Bertz CT molecular complexity index is 474. The average molecular weight is 211 g/mol. The van der Waals surface area contributed by atoms with Crippen molar-refractivity contribution < 1.29 is 4.42 Å². The zero-order valence-corrected chi connectivity index (χ0v) is 8.84. The van der Waals surface area contributed by atoms with Crippen LogP contribution in [0, 0.1) is 0 Å². The van der Waals surface area contributed by atoms with Gasteiger partial charge in [-0.1, -0.05) is 25.4 Å². The molecule has 0 bridgehead atoms. The minimum absolute atomic E-state index is 0.0706. The topological polar surface area (TPSA) is 30.2 Å². The Hall–Kier alpha value is -1.28. The van der Waals surface area contributed by atoms with Crippen LogP contribution in [-0.4, -0.2) is 0 Å². The number of benzene rings is 1. The van der Waals surface area contributed by atoms with Crippen molar-refractivity contribution in [2.45, 2.75) is 13.8 Å². The van der Waals surface area contributed by atoms with Crippen LogP contribution in [-0.2, 0) is 0 Å². The molecule has 2 aromatic rings. The molecule has 0 radical (unpaired) electrons. The standard InChI is InChI=1S/C9H5ClO2.C2H6/c10-6-1-2-9-7(5-6)8(11)3-4-12-9;1-2/h1-5H;1-2H3. The molecule has 0 spiro atoms. The molecular formula is C11H11ClO2. The molecule has 0 amide bonds. The lowest BCUT2D eigenvalue weighted by Gasteiger charge is -1.94. The summed E-state index contributed by atoms with van der Waals surface area (Å²) in [6.07, 6.45) is 1.37. The van der Waals surface area contributed by atoms with E-state index in [-0.39, 0.29) is 5.43 Å². The van der Waals surface area contributed by atoms with Gasteiger partial charge in [0.25, 0.3) is 0 Å². The molecule has 0 saturated carbocycles.